The highest BCUT2D eigenvalue weighted by Crippen LogP contribution is 2.27. The molecule has 0 aliphatic rings. The standard InChI is InChI=1S/C7H5F3O3S/c1-13-7-4(8)2-3-5(6(7)9)14(10,11)12/h2-3H,1H3. The second-order valence-electron chi connectivity index (χ2n) is 2.33. The van der Waals surface area contributed by atoms with Crippen LogP contribution < -0.4 is 4.74 Å². The fourth-order valence-corrected chi connectivity index (χ4v) is 1.43. The van der Waals surface area contributed by atoms with Gasteiger partial charge in [-0.1, -0.05) is 0 Å². The highest BCUT2D eigenvalue weighted by Gasteiger charge is 2.23. The zero-order valence-electron chi connectivity index (χ0n) is 6.92. The van der Waals surface area contributed by atoms with Gasteiger partial charge in [-0.3, -0.25) is 0 Å². The first-order valence-electron chi connectivity index (χ1n) is 3.34. The Bertz CT molecular complexity index is 455. The molecule has 0 heterocycles. The molecule has 14 heavy (non-hydrogen) atoms. The quantitative estimate of drug-likeness (QED) is 0.720. The lowest BCUT2D eigenvalue weighted by Gasteiger charge is -2.04. The van der Waals surface area contributed by atoms with Crippen LogP contribution in [0.2, 0.25) is 0 Å². The van der Waals surface area contributed by atoms with Gasteiger partial charge in [-0.2, -0.15) is 8.42 Å². The van der Waals surface area contributed by atoms with Crippen LogP contribution in [0, 0.1) is 11.6 Å². The molecule has 0 saturated carbocycles. The normalized spacial score (nSPS) is 11.4. The Morgan fingerprint density at radius 2 is 1.86 bits per heavy atom. The molecule has 1 aromatic carbocycles. The summed E-state index contributed by atoms with van der Waals surface area (Å²) in [5.41, 5.74) is 0. The van der Waals surface area contributed by atoms with E-state index in [2.05, 4.69) is 4.74 Å². The van der Waals surface area contributed by atoms with Crippen molar-refractivity contribution in [2.45, 2.75) is 4.90 Å². The van der Waals surface area contributed by atoms with Crippen molar-refractivity contribution in [1.29, 1.82) is 0 Å². The molecule has 0 N–H and O–H groups in total. The molecule has 0 radical (unpaired) electrons. The maximum absolute atomic E-state index is 13.0. The molecular weight excluding hydrogens is 221 g/mol. The predicted molar refractivity (Wildman–Crippen MR) is 41.2 cm³/mol. The Balaban J connectivity index is 3.52. The Morgan fingerprint density at radius 3 is 2.29 bits per heavy atom. The molecule has 7 heteroatoms. The zero-order chi connectivity index (χ0) is 10.9. The van der Waals surface area contributed by atoms with Crippen LogP contribution in [0.1, 0.15) is 0 Å². The van der Waals surface area contributed by atoms with Crippen LogP contribution >= 0.6 is 0 Å². The SMILES string of the molecule is COc1c(F)ccc(S(=O)(=O)F)c1F. The largest absolute Gasteiger partial charge is 0.491 e. The van der Waals surface area contributed by atoms with Crippen molar-refractivity contribution in [3.63, 3.8) is 0 Å². The zero-order valence-corrected chi connectivity index (χ0v) is 7.74. The molecular formula is C7H5F3O3S. The van der Waals surface area contributed by atoms with Gasteiger partial charge in [0.1, 0.15) is 4.90 Å². The Hall–Kier alpha value is -1.24. The Morgan fingerprint density at radius 1 is 1.29 bits per heavy atom. The van der Waals surface area contributed by atoms with Crippen LogP contribution in [0.4, 0.5) is 12.7 Å². The van der Waals surface area contributed by atoms with Gasteiger partial charge in [-0.05, 0) is 12.1 Å². The highest BCUT2D eigenvalue weighted by molar-refractivity contribution is 7.86. The molecule has 0 bridgehead atoms. The van der Waals surface area contributed by atoms with Gasteiger partial charge in [0.2, 0.25) is 0 Å². The van der Waals surface area contributed by atoms with Crippen molar-refractivity contribution in [3.05, 3.63) is 23.8 Å². The number of hydrogen-bond donors (Lipinski definition) is 0. The third-order valence-electron chi connectivity index (χ3n) is 1.48. The first-order valence-corrected chi connectivity index (χ1v) is 4.73. The van der Waals surface area contributed by atoms with Crippen LogP contribution in [-0.4, -0.2) is 15.5 Å². The van der Waals surface area contributed by atoms with Crippen molar-refractivity contribution < 1.29 is 25.8 Å². The third-order valence-corrected chi connectivity index (χ3v) is 2.32. The summed E-state index contributed by atoms with van der Waals surface area (Å²) >= 11 is 0. The highest BCUT2D eigenvalue weighted by atomic mass is 32.3. The molecule has 0 saturated heterocycles. The average Bonchev–Trinajstić information content (AvgIpc) is 2.02. The van der Waals surface area contributed by atoms with Gasteiger partial charge in [0.15, 0.2) is 17.4 Å². The van der Waals surface area contributed by atoms with Crippen molar-refractivity contribution in [1.82, 2.24) is 0 Å². The molecule has 0 fully saturated rings. The van der Waals surface area contributed by atoms with Crippen LogP contribution in [-0.2, 0) is 10.2 Å². The predicted octanol–water partition coefficient (Wildman–Crippen LogP) is 1.63. The number of methoxy groups -OCH3 is 1. The maximum Gasteiger partial charge on any atom is 0.335 e. The minimum Gasteiger partial charge on any atom is -0.491 e. The van der Waals surface area contributed by atoms with Gasteiger partial charge in [0.25, 0.3) is 0 Å². The fraction of sp³-hybridized carbons (Fsp3) is 0.143. The van der Waals surface area contributed by atoms with E-state index in [4.69, 9.17) is 0 Å². The summed E-state index contributed by atoms with van der Waals surface area (Å²) in [5, 5.41) is 0. The van der Waals surface area contributed by atoms with E-state index in [1.165, 1.54) is 0 Å². The molecule has 0 amide bonds. The number of hydrogen-bond acceptors (Lipinski definition) is 3. The summed E-state index contributed by atoms with van der Waals surface area (Å²) < 4.78 is 63.1. The fourth-order valence-electron chi connectivity index (χ4n) is 0.890. The van der Waals surface area contributed by atoms with Crippen LogP contribution in [0.15, 0.2) is 17.0 Å². The molecule has 1 aromatic rings. The summed E-state index contributed by atoms with van der Waals surface area (Å²) in [6.07, 6.45) is 0. The van der Waals surface area contributed by atoms with Gasteiger partial charge in [0, 0.05) is 0 Å². The lowest BCUT2D eigenvalue weighted by molar-refractivity contribution is 0.353. The average molecular weight is 226 g/mol. The van der Waals surface area contributed by atoms with Crippen LogP contribution in [0.5, 0.6) is 5.75 Å². The van der Waals surface area contributed by atoms with Crippen LogP contribution in [0.25, 0.3) is 0 Å². The second kappa shape index (κ2) is 3.49. The van der Waals surface area contributed by atoms with Crippen molar-refractivity contribution in [3.8, 4) is 5.75 Å². The van der Waals surface area contributed by atoms with Crippen molar-refractivity contribution >= 4 is 10.2 Å². The number of rotatable bonds is 2. The smallest absolute Gasteiger partial charge is 0.335 e. The Kier molecular flexibility index (Phi) is 2.70. The number of benzene rings is 1. The van der Waals surface area contributed by atoms with E-state index in [1.54, 1.807) is 0 Å². The molecule has 0 aromatic heterocycles. The molecule has 0 unspecified atom stereocenters. The summed E-state index contributed by atoms with van der Waals surface area (Å²) in [5.74, 6) is -3.60. The molecule has 3 nitrogen and oxygen atoms in total. The molecule has 0 aliphatic carbocycles. The van der Waals surface area contributed by atoms with Crippen LogP contribution in [0.3, 0.4) is 0 Å². The molecule has 0 atom stereocenters. The molecule has 0 aliphatic heterocycles. The van der Waals surface area contributed by atoms with E-state index in [0.717, 1.165) is 7.11 Å². The number of ether oxygens (including phenoxy) is 1. The first-order chi connectivity index (χ1) is 6.38. The molecule has 0 spiro atoms. The molecule has 1 rings (SSSR count). The summed E-state index contributed by atoms with van der Waals surface area (Å²) in [6.45, 7) is 0. The van der Waals surface area contributed by atoms with E-state index in [9.17, 15) is 21.1 Å². The number of halogens is 3. The van der Waals surface area contributed by atoms with E-state index in [-0.39, 0.29) is 0 Å². The first kappa shape index (κ1) is 10.8. The maximum atomic E-state index is 13.0. The summed E-state index contributed by atoms with van der Waals surface area (Å²) in [7, 11) is -4.26. The van der Waals surface area contributed by atoms with Gasteiger partial charge in [-0.15, -0.1) is 3.89 Å². The van der Waals surface area contributed by atoms with E-state index in [1.807, 2.05) is 0 Å². The minimum atomic E-state index is -5.20. The van der Waals surface area contributed by atoms with E-state index in [0.29, 0.717) is 12.1 Å². The minimum absolute atomic E-state index is 0.489. The van der Waals surface area contributed by atoms with E-state index >= 15 is 0 Å². The summed E-state index contributed by atoms with van der Waals surface area (Å²) in [4.78, 5) is -1.24. The second-order valence-corrected chi connectivity index (χ2v) is 3.65. The Labute approximate surface area is 78.3 Å². The summed E-state index contributed by atoms with van der Waals surface area (Å²) in [6, 6.07) is 1.09. The van der Waals surface area contributed by atoms with Crippen molar-refractivity contribution in [2.75, 3.05) is 7.11 Å². The topological polar surface area (TPSA) is 43.4 Å². The van der Waals surface area contributed by atoms with Crippen molar-refractivity contribution in [2.24, 2.45) is 0 Å². The van der Waals surface area contributed by atoms with Gasteiger partial charge in [0.05, 0.1) is 7.11 Å². The third kappa shape index (κ3) is 1.82. The van der Waals surface area contributed by atoms with E-state index < -0.39 is 32.5 Å². The monoisotopic (exact) mass is 226 g/mol. The van der Waals surface area contributed by atoms with Gasteiger partial charge < -0.3 is 4.74 Å². The lowest BCUT2D eigenvalue weighted by Crippen LogP contribution is -2.01. The lowest BCUT2D eigenvalue weighted by atomic mass is 10.3. The van der Waals surface area contributed by atoms with Gasteiger partial charge >= 0.3 is 10.2 Å². The van der Waals surface area contributed by atoms with Gasteiger partial charge in [-0.25, -0.2) is 8.78 Å². The molecule has 78 valence electrons.